The quantitative estimate of drug-likeness (QED) is 0.690. The Morgan fingerprint density at radius 2 is 1.68 bits per heavy atom. The van der Waals surface area contributed by atoms with Gasteiger partial charge in [-0.15, -0.1) is 0 Å². The summed E-state index contributed by atoms with van der Waals surface area (Å²) in [6.45, 7) is 0. The Labute approximate surface area is 149 Å². The number of anilines is 3. The molecule has 0 atom stereocenters. The first-order valence-corrected chi connectivity index (χ1v) is 9.06. The Morgan fingerprint density at radius 3 is 2.32 bits per heavy atom. The van der Waals surface area contributed by atoms with E-state index in [1.54, 1.807) is 24.3 Å². The van der Waals surface area contributed by atoms with Crippen LogP contribution in [-0.2, 0) is 10.0 Å². The van der Waals surface area contributed by atoms with E-state index >= 15 is 0 Å². The summed E-state index contributed by atoms with van der Waals surface area (Å²) in [5, 5.41) is 3.32. The van der Waals surface area contributed by atoms with E-state index in [1.165, 1.54) is 42.6 Å². The van der Waals surface area contributed by atoms with Gasteiger partial charge in [0.05, 0.1) is 22.5 Å². The van der Waals surface area contributed by atoms with Crippen LogP contribution in [0.15, 0.2) is 71.8 Å². The lowest BCUT2D eigenvalue weighted by Gasteiger charge is -2.10. The highest BCUT2D eigenvalue weighted by atomic mass is 35.5. The van der Waals surface area contributed by atoms with Crippen LogP contribution in [0.5, 0.6) is 0 Å². The molecule has 3 aromatic rings. The van der Waals surface area contributed by atoms with Crippen molar-refractivity contribution >= 4 is 38.8 Å². The molecule has 0 fully saturated rings. The zero-order valence-corrected chi connectivity index (χ0v) is 14.4. The third-order valence-corrected chi connectivity index (χ3v) is 4.90. The summed E-state index contributed by atoms with van der Waals surface area (Å²) in [6, 6.07) is 15.1. The smallest absolute Gasteiger partial charge is 0.263 e. The van der Waals surface area contributed by atoms with Crippen molar-refractivity contribution in [3.8, 4) is 0 Å². The highest BCUT2D eigenvalue weighted by Crippen LogP contribution is 2.21. The Kier molecular flexibility index (Phi) is 4.87. The maximum Gasteiger partial charge on any atom is 0.263 e. The van der Waals surface area contributed by atoms with E-state index in [0.717, 1.165) is 0 Å². The van der Waals surface area contributed by atoms with E-state index in [9.17, 15) is 12.8 Å². The average Bonchev–Trinajstić information content (AvgIpc) is 2.59. The molecule has 0 unspecified atom stereocenters. The lowest BCUT2D eigenvalue weighted by atomic mass is 10.3. The molecule has 3 rings (SSSR count). The topological polar surface area (TPSA) is 71.1 Å². The summed E-state index contributed by atoms with van der Waals surface area (Å²) in [7, 11) is -3.76. The largest absolute Gasteiger partial charge is 0.352 e. The van der Waals surface area contributed by atoms with Crippen molar-refractivity contribution < 1.29 is 12.8 Å². The van der Waals surface area contributed by atoms with E-state index in [-0.39, 0.29) is 10.7 Å². The van der Waals surface area contributed by atoms with Crippen LogP contribution in [0.2, 0.25) is 5.02 Å². The molecule has 0 aliphatic heterocycles. The standard InChI is InChI=1S/C17H13ClFN3O2S/c18-12-5-8-14(9-6-12)25(23,24)22-17-10-7-13(11-20-17)21-16-4-2-1-3-15(16)19/h1-11,21H,(H,20,22). The number of nitrogens with one attached hydrogen (secondary N) is 2. The zero-order chi connectivity index (χ0) is 17.9. The van der Waals surface area contributed by atoms with Gasteiger partial charge in [0, 0.05) is 5.02 Å². The summed E-state index contributed by atoms with van der Waals surface area (Å²) in [5.74, 6) is -0.246. The van der Waals surface area contributed by atoms with E-state index in [4.69, 9.17) is 11.6 Å². The summed E-state index contributed by atoms with van der Waals surface area (Å²) in [6.07, 6.45) is 1.41. The number of pyridine rings is 1. The van der Waals surface area contributed by atoms with E-state index in [1.807, 2.05) is 0 Å². The number of para-hydroxylation sites is 1. The number of hydrogen-bond donors (Lipinski definition) is 2. The number of halogens is 2. The van der Waals surface area contributed by atoms with Crippen LogP contribution in [0.25, 0.3) is 0 Å². The first-order chi connectivity index (χ1) is 11.9. The molecule has 0 saturated carbocycles. The van der Waals surface area contributed by atoms with Gasteiger partial charge in [-0.25, -0.2) is 17.8 Å². The second-order valence-corrected chi connectivity index (χ2v) is 7.22. The van der Waals surface area contributed by atoms with Crippen molar-refractivity contribution in [2.75, 3.05) is 10.0 Å². The van der Waals surface area contributed by atoms with Crippen molar-refractivity contribution in [1.29, 1.82) is 0 Å². The van der Waals surface area contributed by atoms with Crippen molar-refractivity contribution in [2.24, 2.45) is 0 Å². The lowest BCUT2D eigenvalue weighted by molar-refractivity contribution is 0.601. The highest BCUT2D eigenvalue weighted by Gasteiger charge is 2.14. The molecule has 1 heterocycles. The Balaban J connectivity index is 1.74. The number of rotatable bonds is 5. The van der Waals surface area contributed by atoms with Crippen LogP contribution in [0.1, 0.15) is 0 Å². The monoisotopic (exact) mass is 377 g/mol. The molecular weight excluding hydrogens is 365 g/mol. The molecule has 5 nitrogen and oxygen atoms in total. The third-order valence-electron chi connectivity index (χ3n) is 3.28. The van der Waals surface area contributed by atoms with Gasteiger partial charge in [0.15, 0.2) is 0 Å². The van der Waals surface area contributed by atoms with Crippen LogP contribution in [-0.4, -0.2) is 13.4 Å². The second-order valence-electron chi connectivity index (χ2n) is 5.10. The van der Waals surface area contributed by atoms with Gasteiger partial charge >= 0.3 is 0 Å². The van der Waals surface area contributed by atoms with Gasteiger partial charge in [-0.2, -0.15) is 0 Å². The Bertz CT molecular complexity index is 978. The Hall–Kier alpha value is -2.64. The maximum atomic E-state index is 13.6. The van der Waals surface area contributed by atoms with Gasteiger partial charge in [-0.3, -0.25) is 4.72 Å². The van der Waals surface area contributed by atoms with Crippen LogP contribution in [0.3, 0.4) is 0 Å². The predicted octanol–water partition coefficient (Wildman–Crippen LogP) is 4.42. The lowest BCUT2D eigenvalue weighted by Crippen LogP contribution is -2.13. The predicted molar refractivity (Wildman–Crippen MR) is 96.2 cm³/mol. The first kappa shape index (κ1) is 17.2. The minimum absolute atomic E-state index is 0.0762. The van der Waals surface area contributed by atoms with E-state index in [2.05, 4.69) is 15.0 Å². The van der Waals surface area contributed by atoms with Crippen LogP contribution in [0.4, 0.5) is 21.6 Å². The fourth-order valence-corrected chi connectivity index (χ4v) is 3.19. The molecular formula is C17H13ClFN3O2S. The molecule has 0 aliphatic carbocycles. The van der Waals surface area contributed by atoms with Crippen molar-refractivity contribution in [3.05, 3.63) is 77.7 Å². The molecule has 0 bridgehead atoms. The molecule has 2 aromatic carbocycles. The molecule has 25 heavy (non-hydrogen) atoms. The van der Waals surface area contributed by atoms with Crippen molar-refractivity contribution in [2.45, 2.75) is 4.90 Å². The third kappa shape index (κ3) is 4.26. The van der Waals surface area contributed by atoms with Gasteiger partial charge in [0.2, 0.25) is 0 Å². The fourth-order valence-electron chi connectivity index (χ4n) is 2.06. The Morgan fingerprint density at radius 1 is 0.960 bits per heavy atom. The zero-order valence-electron chi connectivity index (χ0n) is 12.8. The molecule has 0 radical (unpaired) electrons. The summed E-state index contributed by atoms with van der Waals surface area (Å²) in [5.41, 5.74) is 0.832. The molecule has 0 saturated heterocycles. The van der Waals surface area contributed by atoms with Gasteiger partial charge in [0.25, 0.3) is 10.0 Å². The van der Waals surface area contributed by atoms with Crippen molar-refractivity contribution in [3.63, 3.8) is 0 Å². The number of benzene rings is 2. The molecule has 0 amide bonds. The number of hydrogen-bond acceptors (Lipinski definition) is 4. The summed E-state index contributed by atoms with van der Waals surface area (Å²) >= 11 is 5.76. The minimum atomic E-state index is -3.76. The first-order valence-electron chi connectivity index (χ1n) is 7.20. The molecule has 2 N–H and O–H groups in total. The fraction of sp³-hybridized carbons (Fsp3) is 0. The molecule has 128 valence electrons. The van der Waals surface area contributed by atoms with Gasteiger partial charge in [0.1, 0.15) is 11.6 Å². The van der Waals surface area contributed by atoms with Gasteiger partial charge in [-0.1, -0.05) is 23.7 Å². The van der Waals surface area contributed by atoms with Gasteiger partial charge < -0.3 is 5.32 Å². The number of aromatic nitrogens is 1. The molecule has 0 spiro atoms. The SMILES string of the molecule is O=S(=O)(Nc1ccc(Nc2ccccc2F)cn1)c1ccc(Cl)cc1. The normalized spacial score (nSPS) is 11.1. The summed E-state index contributed by atoms with van der Waals surface area (Å²) < 4.78 is 40.5. The van der Waals surface area contributed by atoms with Crippen LogP contribution in [0, 0.1) is 5.82 Å². The van der Waals surface area contributed by atoms with Gasteiger partial charge in [-0.05, 0) is 48.5 Å². The second kappa shape index (κ2) is 7.08. The van der Waals surface area contributed by atoms with Crippen molar-refractivity contribution in [1.82, 2.24) is 4.98 Å². The molecule has 1 aromatic heterocycles. The minimum Gasteiger partial charge on any atom is -0.352 e. The number of sulfonamides is 1. The van der Waals surface area contributed by atoms with E-state index in [0.29, 0.717) is 16.4 Å². The highest BCUT2D eigenvalue weighted by molar-refractivity contribution is 7.92. The van der Waals surface area contributed by atoms with Crippen LogP contribution >= 0.6 is 11.6 Å². The molecule has 0 aliphatic rings. The average molecular weight is 378 g/mol. The summed E-state index contributed by atoms with van der Waals surface area (Å²) in [4.78, 5) is 4.11. The maximum absolute atomic E-state index is 13.6. The number of nitrogens with zero attached hydrogens (tertiary/aromatic N) is 1. The van der Waals surface area contributed by atoms with Crippen LogP contribution < -0.4 is 10.0 Å². The molecule has 8 heteroatoms. The van der Waals surface area contributed by atoms with E-state index < -0.39 is 15.8 Å².